The normalized spacial score (nSPS) is 26.9. The highest BCUT2D eigenvalue weighted by molar-refractivity contribution is 5.81. The maximum atomic E-state index is 12.3. The van der Waals surface area contributed by atoms with E-state index < -0.39 is 11.9 Å². The Morgan fingerprint density at radius 2 is 2.05 bits per heavy atom. The minimum absolute atomic E-state index is 0.0107. The van der Waals surface area contributed by atoms with Crippen LogP contribution in [0.25, 0.3) is 0 Å². The summed E-state index contributed by atoms with van der Waals surface area (Å²) >= 11 is 0. The fraction of sp³-hybridized carbons (Fsp3) is 0.467. The Morgan fingerprint density at radius 1 is 1.29 bits per heavy atom. The lowest BCUT2D eigenvalue weighted by atomic mass is 9.89. The highest BCUT2D eigenvalue weighted by atomic mass is 16.5. The van der Waals surface area contributed by atoms with Crippen LogP contribution in [0.15, 0.2) is 24.3 Å². The predicted octanol–water partition coefficient (Wildman–Crippen LogP) is 1.24. The van der Waals surface area contributed by atoms with Crippen molar-refractivity contribution >= 4 is 11.9 Å². The SMILES string of the molecule is O=C(O)C1CC2CCC1N2C(=O)COc1ccccc1O. The van der Waals surface area contributed by atoms with Gasteiger partial charge < -0.3 is 19.8 Å². The standard InChI is InChI=1S/C15H17NO5/c17-12-3-1-2-4-13(12)21-8-14(18)16-9-5-6-11(16)10(7-9)15(19)20/h1-4,9-11,17H,5-8H2,(H,19,20). The maximum Gasteiger partial charge on any atom is 0.308 e. The topological polar surface area (TPSA) is 87.1 Å². The van der Waals surface area contributed by atoms with E-state index in [1.807, 2.05) is 0 Å². The number of aliphatic carboxylic acids is 1. The van der Waals surface area contributed by atoms with Crippen molar-refractivity contribution in [3.05, 3.63) is 24.3 Å². The Labute approximate surface area is 121 Å². The smallest absolute Gasteiger partial charge is 0.308 e. The molecule has 112 valence electrons. The monoisotopic (exact) mass is 291 g/mol. The molecule has 2 aliphatic heterocycles. The van der Waals surface area contributed by atoms with E-state index in [4.69, 9.17) is 4.74 Å². The maximum absolute atomic E-state index is 12.3. The second-order valence-electron chi connectivity index (χ2n) is 5.54. The molecule has 6 heteroatoms. The molecule has 0 radical (unpaired) electrons. The van der Waals surface area contributed by atoms with E-state index in [1.165, 1.54) is 6.07 Å². The average molecular weight is 291 g/mol. The van der Waals surface area contributed by atoms with Crippen LogP contribution in [0.1, 0.15) is 19.3 Å². The van der Waals surface area contributed by atoms with Crippen LogP contribution in [0.2, 0.25) is 0 Å². The molecule has 3 rings (SSSR count). The van der Waals surface area contributed by atoms with Gasteiger partial charge in [0.05, 0.1) is 5.92 Å². The summed E-state index contributed by atoms with van der Waals surface area (Å²) in [4.78, 5) is 25.1. The second kappa shape index (κ2) is 5.27. The number of rotatable bonds is 4. The van der Waals surface area contributed by atoms with Gasteiger partial charge in [0.25, 0.3) is 5.91 Å². The number of carboxylic acid groups (broad SMARTS) is 1. The number of aromatic hydroxyl groups is 1. The first kappa shape index (κ1) is 13.7. The molecule has 2 bridgehead atoms. The number of carboxylic acids is 1. The van der Waals surface area contributed by atoms with Crippen molar-refractivity contribution in [2.45, 2.75) is 31.3 Å². The van der Waals surface area contributed by atoms with E-state index in [0.717, 1.165) is 12.8 Å². The van der Waals surface area contributed by atoms with Crippen LogP contribution in [0.3, 0.4) is 0 Å². The molecule has 0 saturated carbocycles. The zero-order chi connectivity index (χ0) is 15.0. The average Bonchev–Trinajstić information content (AvgIpc) is 3.04. The minimum Gasteiger partial charge on any atom is -0.504 e. The van der Waals surface area contributed by atoms with Gasteiger partial charge in [-0.25, -0.2) is 0 Å². The lowest BCUT2D eigenvalue weighted by molar-refractivity contribution is -0.143. The molecule has 1 aromatic rings. The van der Waals surface area contributed by atoms with Crippen molar-refractivity contribution in [2.24, 2.45) is 5.92 Å². The molecule has 0 spiro atoms. The predicted molar refractivity (Wildman–Crippen MR) is 73.0 cm³/mol. The Kier molecular flexibility index (Phi) is 3.45. The van der Waals surface area contributed by atoms with Crippen LogP contribution >= 0.6 is 0 Å². The van der Waals surface area contributed by atoms with Crippen LogP contribution in [-0.4, -0.2) is 45.7 Å². The van der Waals surface area contributed by atoms with Crippen molar-refractivity contribution in [2.75, 3.05) is 6.61 Å². The summed E-state index contributed by atoms with van der Waals surface area (Å²) in [6, 6.07) is 6.24. The largest absolute Gasteiger partial charge is 0.504 e. The molecule has 21 heavy (non-hydrogen) atoms. The Balaban J connectivity index is 1.64. The zero-order valence-corrected chi connectivity index (χ0v) is 11.4. The van der Waals surface area contributed by atoms with E-state index in [2.05, 4.69) is 0 Å². The van der Waals surface area contributed by atoms with Gasteiger partial charge in [0.1, 0.15) is 0 Å². The fourth-order valence-electron chi connectivity index (χ4n) is 3.44. The van der Waals surface area contributed by atoms with Gasteiger partial charge in [-0.2, -0.15) is 0 Å². The number of para-hydroxylation sites is 2. The van der Waals surface area contributed by atoms with Gasteiger partial charge in [0.15, 0.2) is 18.1 Å². The Hall–Kier alpha value is -2.24. The van der Waals surface area contributed by atoms with Crippen LogP contribution in [-0.2, 0) is 9.59 Å². The highest BCUT2D eigenvalue weighted by Gasteiger charge is 2.51. The van der Waals surface area contributed by atoms with E-state index in [0.29, 0.717) is 6.42 Å². The molecule has 2 saturated heterocycles. The number of nitrogens with zero attached hydrogens (tertiary/aromatic N) is 1. The number of ether oxygens (including phenoxy) is 1. The lowest BCUT2D eigenvalue weighted by Gasteiger charge is -2.23. The summed E-state index contributed by atoms with van der Waals surface area (Å²) in [7, 11) is 0. The molecular weight excluding hydrogens is 274 g/mol. The Bertz CT molecular complexity index is 573. The summed E-state index contributed by atoms with van der Waals surface area (Å²) in [5.74, 6) is -1.26. The molecule has 2 N–H and O–H groups in total. The number of carbonyl (C=O) groups excluding carboxylic acids is 1. The first-order chi connectivity index (χ1) is 10.1. The van der Waals surface area contributed by atoms with Crippen LogP contribution in [0.5, 0.6) is 11.5 Å². The third kappa shape index (κ3) is 2.41. The third-order valence-electron chi connectivity index (χ3n) is 4.36. The molecule has 2 fully saturated rings. The van der Waals surface area contributed by atoms with Crippen molar-refractivity contribution in [3.8, 4) is 11.5 Å². The number of benzene rings is 1. The van der Waals surface area contributed by atoms with Gasteiger partial charge >= 0.3 is 5.97 Å². The molecule has 0 aliphatic carbocycles. The number of hydrogen-bond donors (Lipinski definition) is 2. The molecule has 1 amide bonds. The lowest BCUT2D eigenvalue weighted by Crippen LogP contribution is -2.40. The molecule has 1 aromatic carbocycles. The highest BCUT2D eigenvalue weighted by Crippen LogP contribution is 2.41. The quantitative estimate of drug-likeness (QED) is 0.871. The van der Waals surface area contributed by atoms with E-state index in [1.54, 1.807) is 23.1 Å². The van der Waals surface area contributed by atoms with Gasteiger partial charge in [-0.05, 0) is 31.4 Å². The number of amides is 1. The van der Waals surface area contributed by atoms with E-state index in [-0.39, 0.29) is 36.1 Å². The summed E-state index contributed by atoms with van der Waals surface area (Å²) in [6.07, 6.45) is 2.13. The molecule has 2 aliphatic rings. The first-order valence-electron chi connectivity index (χ1n) is 7.02. The number of phenolic OH excluding ortho intramolecular Hbond substituents is 1. The van der Waals surface area contributed by atoms with Gasteiger partial charge in [-0.1, -0.05) is 12.1 Å². The minimum atomic E-state index is -0.832. The van der Waals surface area contributed by atoms with Crippen molar-refractivity contribution in [1.82, 2.24) is 4.90 Å². The first-order valence-corrected chi connectivity index (χ1v) is 7.02. The van der Waals surface area contributed by atoms with Crippen molar-refractivity contribution in [1.29, 1.82) is 0 Å². The number of phenols is 1. The van der Waals surface area contributed by atoms with Crippen LogP contribution in [0.4, 0.5) is 0 Å². The molecule has 2 heterocycles. The van der Waals surface area contributed by atoms with E-state index >= 15 is 0 Å². The van der Waals surface area contributed by atoms with Gasteiger partial charge in [0, 0.05) is 12.1 Å². The number of hydrogen-bond acceptors (Lipinski definition) is 4. The number of carbonyl (C=O) groups is 2. The molecule has 0 aromatic heterocycles. The second-order valence-corrected chi connectivity index (χ2v) is 5.54. The van der Waals surface area contributed by atoms with Crippen LogP contribution in [0, 0.1) is 5.92 Å². The summed E-state index contributed by atoms with van der Waals surface area (Å²) in [6.45, 7) is -0.184. The third-order valence-corrected chi connectivity index (χ3v) is 4.36. The van der Waals surface area contributed by atoms with Gasteiger partial charge in [-0.3, -0.25) is 9.59 Å². The molecular formula is C15H17NO5. The number of fused-ring (bicyclic) bond motifs is 2. The Morgan fingerprint density at radius 3 is 2.71 bits per heavy atom. The molecule has 3 atom stereocenters. The fourth-order valence-corrected chi connectivity index (χ4v) is 3.44. The molecule has 6 nitrogen and oxygen atoms in total. The van der Waals surface area contributed by atoms with Crippen LogP contribution < -0.4 is 4.74 Å². The molecule has 3 unspecified atom stereocenters. The summed E-state index contributed by atoms with van der Waals surface area (Å²) in [5, 5.41) is 18.8. The van der Waals surface area contributed by atoms with Gasteiger partial charge in [-0.15, -0.1) is 0 Å². The summed E-state index contributed by atoms with van der Waals surface area (Å²) in [5.41, 5.74) is 0. The summed E-state index contributed by atoms with van der Waals surface area (Å²) < 4.78 is 5.34. The van der Waals surface area contributed by atoms with Gasteiger partial charge in [0.2, 0.25) is 0 Å². The van der Waals surface area contributed by atoms with E-state index in [9.17, 15) is 19.8 Å². The van der Waals surface area contributed by atoms with Crippen molar-refractivity contribution in [3.63, 3.8) is 0 Å². The zero-order valence-electron chi connectivity index (χ0n) is 11.4. The van der Waals surface area contributed by atoms with Crippen molar-refractivity contribution < 1.29 is 24.5 Å².